The van der Waals surface area contributed by atoms with Crippen molar-refractivity contribution in [1.82, 2.24) is 10.3 Å². The molecule has 0 radical (unpaired) electrons. The second-order valence-corrected chi connectivity index (χ2v) is 5.18. The number of aliphatic hydroxyl groups excluding tert-OH is 1. The number of hydrogen-bond donors (Lipinski definition) is 3. The van der Waals surface area contributed by atoms with Crippen molar-refractivity contribution in [3.05, 3.63) is 35.1 Å². The van der Waals surface area contributed by atoms with E-state index >= 15 is 0 Å². The lowest BCUT2D eigenvalue weighted by Crippen LogP contribution is -2.30. The quantitative estimate of drug-likeness (QED) is 0.420. The number of nitrogens with zero attached hydrogens (tertiary/aromatic N) is 1. The summed E-state index contributed by atoms with van der Waals surface area (Å²) in [5, 5.41) is 8.94. The van der Waals surface area contributed by atoms with Crippen LogP contribution in [0.1, 0.15) is 28.8 Å². The number of benzene rings is 1. The van der Waals surface area contributed by atoms with Crippen LogP contribution in [0, 0.1) is 11.7 Å². The Kier molecular flexibility index (Phi) is 5.05. The van der Waals surface area contributed by atoms with Gasteiger partial charge in [0, 0.05) is 30.8 Å². The van der Waals surface area contributed by atoms with Gasteiger partial charge in [0.2, 0.25) is 0 Å². The van der Waals surface area contributed by atoms with Gasteiger partial charge >= 0.3 is 0 Å². The van der Waals surface area contributed by atoms with Crippen molar-refractivity contribution >= 4 is 5.91 Å². The highest BCUT2D eigenvalue weighted by atomic mass is 19.1. The molecule has 1 fully saturated rings. The van der Waals surface area contributed by atoms with Crippen LogP contribution in [-0.4, -0.2) is 35.6 Å². The van der Waals surface area contributed by atoms with Crippen LogP contribution in [0.5, 0.6) is 0 Å². The average molecular weight is 281 g/mol. The molecule has 5 nitrogen and oxygen atoms in total. The van der Waals surface area contributed by atoms with Crippen LogP contribution in [0.25, 0.3) is 0 Å². The number of carbonyl (C=O) groups is 1. The molecule has 1 amide bonds. The zero-order valence-electron chi connectivity index (χ0n) is 11.3. The zero-order valence-corrected chi connectivity index (χ0v) is 11.3. The fourth-order valence-corrected chi connectivity index (χ4v) is 2.64. The molecule has 1 atom stereocenters. The molecule has 110 valence electrons. The second-order valence-electron chi connectivity index (χ2n) is 5.18. The molecule has 4 N–H and O–H groups in total. The van der Waals surface area contributed by atoms with Crippen molar-refractivity contribution in [3.8, 4) is 0 Å². The van der Waals surface area contributed by atoms with E-state index in [2.05, 4.69) is 4.90 Å². The Hall–Kier alpha value is -1.50. The molecular weight excluding hydrogens is 261 g/mol. The minimum absolute atomic E-state index is 0.193. The first-order chi connectivity index (χ1) is 9.63. The summed E-state index contributed by atoms with van der Waals surface area (Å²) in [5.41, 5.74) is 2.90. The predicted molar refractivity (Wildman–Crippen MR) is 73.1 cm³/mol. The van der Waals surface area contributed by atoms with E-state index in [9.17, 15) is 9.18 Å². The summed E-state index contributed by atoms with van der Waals surface area (Å²) in [7, 11) is 0. The Bertz CT molecular complexity index is 481. The largest absolute Gasteiger partial charge is 0.396 e. The molecule has 1 aliphatic rings. The summed E-state index contributed by atoms with van der Waals surface area (Å²) < 4.78 is 13.8. The van der Waals surface area contributed by atoms with E-state index in [1.165, 1.54) is 18.2 Å². The number of nitrogens with one attached hydrogen (secondary N) is 1. The molecule has 0 saturated carbocycles. The fourth-order valence-electron chi connectivity index (χ4n) is 2.64. The highest BCUT2D eigenvalue weighted by Gasteiger charge is 2.23. The average Bonchev–Trinajstić information content (AvgIpc) is 2.88. The maximum atomic E-state index is 13.8. The molecule has 2 rings (SSSR count). The topological polar surface area (TPSA) is 78.6 Å². The van der Waals surface area contributed by atoms with E-state index in [0.29, 0.717) is 23.6 Å². The maximum Gasteiger partial charge on any atom is 0.265 e. The molecule has 1 aromatic carbocycles. The number of aliphatic hydroxyl groups is 1. The smallest absolute Gasteiger partial charge is 0.265 e. The molecule has 20 heavy (non-hydrogen) atoms. The standard InChI is InChI=1S/C14H20FN3O2/c15-13-2-1-11(14(20)17-16)7-12(13)9-18-5-3-10(8-18)4-6-19/h1-2,7,10,19H,3-6,8-9,16H2,(H,17,20). The van der Waals surface area contributed by atoms with Crippen molar-refractivity contribution in [2.45, 2.75) is 19.4 Å². The van der Waals surface area contributed by atoms with Crippen LogP contribution in [0.3, 0.4) is 0 Å². The van der Waals surface area contributed by atoms with Crippen LogP contribution in [0.15, 0.2) is 18.2 Å². The molecule has 0 bridgehead atoms. The third kappa shape index (κ3) is 3.53. The van der Waals surface area contributed by atoms with Crippen molar-refractivity contribution in [1.29, 1.82) is 0 Å². The fraction of sp³-hybridized carbons (Fsp3) is 0.500. The van der Waals surface area contributed by atoms with Crippen LogP contribution in [0.2, 0.25) is 0 Å². The number of likely N-dealkylation sites (tertiary alicyclic amines) is 1. The Balaban J connectivity index is 2.04. The monoisotopic (exact) mass is 281 g/mol. The van der Waals surface area contributed by atoms with E-state index < -0.39 is 5.91 Å². The van der Waals surface area contributed by atoms with Crippen molar-refractivity contribution in [2.75, 3.05) is 19.7 Å². The molecule has 1 aliphatic heterocycles. The molecule has 1 aromatic rings. The molecule has 1 unspecified atom stereocenters. The lowest BCUT2D eigenvalue weighted by Gasteiger charge is -2.17. The van der Waals surface area contributed by atoms with Crippen LogP contribution < -0.4 is 11.3 Å². The van der Waals surface area contributed by atoms with Gasteiger partial charge in [-0.1, -0.05) is 0 Å². The Morgan fingerprint density at radius 1 is 1.55 bits per heavy atom. The summed E-state index contributed by atoms with van der Waals surface area (Å²) in [4.78, 5) is 13.6. The number of nitrogens with two attached hydrogens (primary N) is 1. The van der Waals surface area contributed by atoms with Gasteiger partial charge in [-0.25, -0.2) is 10.2 Å². The summed E-state index contributed by atoms with van der Waals surface area (Å²) in [5.74, 6) is 4.81. The SMILES string of the molecule is NNC(=O)c1ccc(F)c(CN2CCC(CCO)C2)c1. The van der Waals surface area contributed by atoms with E-state index in [0.717, 1.165) is 25.9 Å². The molecule has 6 heteroatoms. The summed E-state index contributed by atoms with van der Waals surface area (Å²) in [6.45, 7) is 2.41. The maximum absolute atomic E-state index is 13.8. The van der Waals surface area contributed by atoms with Gasteiger partial charge in [-0.2, -0.15) is 0 Å². The van der Waals surface area contributed by atoms with Gasteiger partial charge in [0.15, 0.2) is 0 Å². The van der Waals surface area contributed by atoms with Crippen molar-refractivity contribution < 1.29 is 14.3 Å². The lowest BCUT2D eigenvalue weighted by atomic mass is 10.1. The minimum atomic E-state index is -0.425. The number of rotatable bonds is 5. The highest BCUT2D eigenvalue weighted by molar-refractivity contribution is 5.93. The normalized spacial score (nSPS) is 19.2. The first kappa shape index (κ1) is 14.9. The van der Waals surface area contributed by atoms with Crippen molar-refractivity contribution in [3.63, 3.8) is 0 Å². The molecule has 0 spiro atoms. The van der Waals surface area contributed by atoms with Gasteiger partial charge in [0.1, 0.15) is 5.82 Å². The third-order valence-electron chi connectivity index (χ3n) is 3.74. The number of hydrogen-bond acceptors (Lipinski definition) is 4. The molecule has 0 aromatic heterocycles. The zero-order chi connectivity index (χ0) is 14.5. The summed E-state index contributed by atoms with van der Waals surface area (Å²) in [6, 6.07) is 4.25. The van der Waals surface area contributed by atoms with E-state index in [1.807, 2.05) is 5.43 Å². The van der Waals surface area contributed by atoms with E-state index in [1.54, 1.807) is 0 Å². The van der Waals surface area contributed by atoms with Crippen LogP contribution >= 0.6 is 0 Å². The Morgan fingerprint density at radius 2 is 2.35 bits per heavy atom. The highest BCUT2D eigenvalue weighted by Crippen LogP contribution is 2.22. The second kappa shape index (κ2) is 6.78. The third-order valence-corrected chi connectivity index (χ3v) is 3.74. The van der Waals surface area contributed by atoms with Gasteiger partial charge in [-0.15, -0.1) is 0 Å². The number of nitrogen functional groups attached to an aromatic ring is 1. The lowest BCUT2D eigenvalue weighted by molar-refractivity contribution is 0.0953. The number of hydrazine groups is 1. The summed E-state index contributed by atoms with van der Waals surface area (Å²) in [6.07, 6.45) is 1.81. The number of halogens is 1. The first-order valence-electron chi connectivity index (χ1n) is 6.76. The number of carbonyl (C=O) groups excluding carboxylic acids is 1. The summed E-state index contributed by atoms with van der Waals surface area (Å²) >= 11 is 0. The Labute approximate surface area is 117 Å². The first-order valence-corrected chi connectivity index (χ1v) is 6.76. The van der Waals surface area contributed by atoms with E-state index in [-0.39, 0.29) is 12.4 Å². The van der Waals surface area contributed by atoms with Gasteiger partial charge < -0.3 is 5.11 Å². The van der Waals surface area contributed by atoms with Crippen LogP contribution in [0.4, 0.5) is 4.39 Å². The molecule has 1 heterocycles. The van der Waals surface area contributed by atoms with Gasteiger partial charge in [0.05, 0.1) is 0 Å². The molecule has 0 aliphatic carbocycles. The van der Waals surface area contributed by atoms with Crippen LogP contribution in [-0.2, 0) is 6.54 Å². The van der Waals surface area contributed by atoms with Gasteiger partial charge in [-0.3, -0.25) is 15.1 Å². The number of amides is 1. The van der Waals surface area contributed by atoms with Crippen molar-refractivity contribution in [2.24, 2.45) is 11.8 Å². The molecular formula is C14H20FN3O2. The van der Waals surface area contributed by atoms with Gasteiger partial charge in [0.25, 0.3) is 5.91 Å². The predicted octanol–water partition coefficient (Wildman–Crippen LogP) is 0.633. The molecule has 1 saturated heterocycles. The Morgan fingerprint density at radius 3 is 3.05 bits per heavy atom. The van der Waals surface area contributed by atoms with E-state index in [4.69, 9.17) is 10.9 Å². The minimum Gasteiger partial charge on any atom is -0.396 e. The van der Waals surface area contributed by atoms with Gasteiger partial charge in [-0.05, 0) is 43.5 Å².